The molecule has 0 bridgehead atoms. The number of thioether (sulfide) groups is 1. The first-order valence-corrected chi connectivity index (χ1v) is 8.83. The maximum absolute atomic E-state index is 10.3. The maximum atomic E-state index is 10.3. The summed E-state index contributed by atoms with van der Waals surface area (Å²) in [4.78, 5) is 10.3. The Morgan fingerprint density at radius 2 is 1.21 bits per heavy atom. The third-order valence-corrected chi connectivity index (χ3v) is 4.28. The van der Waals surface area contributed by atoms with Crippen molar-refractivity contribution in [2.75, 3.05) is 18.1 Å². The molecule has 0 radical (unpaired) electrons. The maximum Gasteiger partial charge on any atom is 0.303 e. The number of hydrogen-bond acceptors (Lipinski definition) is 3. The molecule has 0 amide bonds. The molecular weight excluding hydrogens is 260 g/mol. The Kier molecular flexibility index (Phi) is 15.7. The molecule has 19 heavy (non-hydrogen) atoms. The number of carbonyl (C=O) groups is 1. The van der Waals surface area contributed by atoms with Gasteiger partial charge in [-0.2, -0.15) is 11.8 Å². The lowest BCUT2D eigenvalue weighted by Gasteiger charge is -2.02. The molecule has 0 saturated carbocycles. The van der Waals surface area contributed by atoms with Crippen LogP contribution in [0.3, 0.4) is 0 Å². The van der Waals surface area contributed by atoms with E-state index in [0.29, 0.717) is 13.0 Å². The zero-order chi connectivity index (χ0) is 14.2. The van der Waals surface area contributed by atoms with Gasteiger partial charge in [0.2, 0.25) is 0 Å². The van der Waals surface area contributed by atoms with Gasteiger partial charge in [-0.1, -0.05) is 38.5 Å². The molecule has 0 atom stereocenters. The second-order valence-electron chi connectivity index (χ2n) is 5.02. The summed E-state index contributed by atoms with van der Waals surface area (Å²) in [5.41, 5.74) is 0. The Morgan fingerprint density at radius 1 is 0.737 bits per heavy atom. The summed E-state index contributed by atoms with van der Waals surface area (Å²) in [6.07, 6.45) is 11.9. The minimum atomic E-state index is -0.671. The lowest BCUT2D eigenvalue weighted by molar-refractivity contribution is -0.137. The van der Waals surface area contributed by atoms with Gasteiger partial charge < -0.3 is 10.2 Å². The van der Waals surface area contributed by atoms with Gasteiger partial charge in [0.15, 0.2) is 0 Å². The van der Waals surface area contributed by atoms with Crippen molar-refractivity contribution in [3.63, 3.8) is 0 Å². The zero-order valence-corrected chi connectivity index (χ0v) is 12.9. The quantitative estimate of drug-likeness (QED) is 0.446. The Labute approximate surface area is 122 Å². The van der Waals surface area contributed by atoms with Crippen LogP contribution < -0.4 is 0 Å². The molecule has 0 fully saturated rings. The number of aliphatic carboxylic acids is 1. The lowest BCUT2D eigenvalue weighted by atomic mass is 10.1. The van der Waals surface area contributed by atoms with Crippen LogP contribution in [0.1, 0.15) is 70.6 Å². The highest BCUT2D eigenvalue weighted by atomic mass is 32.2. The van der Waals surface area contributed by atoms with E-state index in [0.717, 1.165) is 25.7 Å². The molecule has 0 heterocycles. The fourth-order valence-corrected chi connectivity index (χ4v) is 2.98. The van der Waals surface area contributed by atoms with Crippen molar-refractivity contribution in [3.8, 4) is 0 Å². The summed E-state index contributed by atoms with van der Waals surface area (Å²) >= 11 is 2.04. The van der Waals surface area contributed by atoms with Gasteiger partial charge in [-0.05, 0) is 37.2 Å². The second-order valence-corrected chi connectivity index (χ2v) is 6.24. The summed E-state index contributed by atoms with van der Waals surface area (Å²) in [7, 11) is 0. The number of aliphatic hydroxyl groups excluding tert-OH is 1. The molecule has 114 valence electrons. The summed E-state index contributed by atoms with van der Waals surface area (Å²) in [6, 6.07) is 0. The molecule has 0 aromatic carbocycles. The van der Waals surface area contributed by atoms with Crippen molar-refractivity contribution in [1.29, 1.82) is 0 Å². The summed E-state index contributed by atoms with van der Waals surface area (Å²) in [6.45, 7) is 0.333. The van der Waals surface area contributed by atoms with E-state index >= 15 is 0 Å². The minimum Gasteiger partial charge on any atom is -0.481 e. The van der Waals surface area contributed by atoms with Crippen molar-refractivity contribution in [3.05, 3.63) is 0 Å². The van der Waals surface area contributed by atoms with E-state index in [1.54, 1.807) is 0 Å². The van der Waals surface area contributed by atoms with E-state index in [9.17, 15) is 4.79 Å². The lowest BCUT2D eigenvalue weighted by Crippen LogP contribution is -1.93. The van der Waals surface area contributed by atoms with Crippen molar-refractivity contribution < 1.29 is 15.0 Å². The Bertz CT molecular complexity index is 198. The smallest absolute Gasteiger partial charge is 0.303 e. The van der Waals surface area contributed by atoms with Crippen molar-refractivity contribution in [1.82, 2.24) is 0 Å². The fourth-order valence-electron chi connectivity index (χ4n) is 1.96. The predicted molar refractivity (Wildman–Crippen MR) is 82.8 cm³/mol. The molecule has 4 heteroatoms. The molecule has 0 aromatic rings. The first-order valence-electron chi connectivity index (χ1n) is 7.67. The van der Waals surface area contributed by atoms with Gasteiger partial charge in [0.05, 0.1) is 0 Å². The molecule has 0 spiro atoms. The van der Waals surface area contributed by atoms with Gasteiger partial charge in [0.25, 0.3) is 0 Å². The van der Waals surface area contributed by atoms with E-state index in [1.165, 1.54) is 50.0 Å². The van der Waals surface area contributed by atoms with Crippen LogP contribution >= 0.6 is 11.8 Å². The zero-order valence-electron chi connectivity index (χ0n) is 12.1. The topological polar surface area (TPSA) is 57.5 Å². The van der Waals surface area contributed by atoms with Gasteiger partial charge in [-0.3, -0.25) is 4.79 Å². The fraction of sp³-hybridized carbons (Fsp3) is 0.933. The number of carboxylic acids is 1. The van der Waals surface area contributed by atoms with Crippen LogP contribution in [0.5, 0.6) is 0 Å². The number of carboxylic acid groups (broad SMARTS) is 1. The van der Waals surface area contributed by atoms with E-state index in [1.807, 2.05) is 11.8 Å². The van der Waals surface area contributed by atoms with Gasteiger partial charge >= 0.3 is 5.97 Å². The Balaban J connectivity index is 2.93. The molecular formula is C15H30O3S. The van der Waals surface area contributed by atoms with Crippen molar-refractivity contribution >= 4 is 17.7 Å². The molecule has 0 saturated heterocycles. The molecule has 0 aliphatic carbocycles. The van der Waals surface area contributed by atoms with Crippen LogP contribution in [-0.4, -0.2) is 34.3 Å². The third-order valence-electron chi connectivity index (χ3n) is 3.13. The SMILES string of the molecule is O=C(O)CCCCCCCCSCCCCCCO. The normalized spacial score (nSPS) is 10.8. The summed E-state index contributed by atoms with van der Waals surface area (Å²) in [5, 5.41) is 17.1. The van der Waals surface area contributed by atoms with Crippen LogP contribution in [0.25, 0.3) is 0 Å². The predicted octanol–water partition coefficient (Wildman–Crippen LogP) is 4.09. The van der Waals surface area contributed by atoms with E-state index in [4.69, 9.17) is 10.2 Å². The standard InChI is InChI=1S/C15H30O3S/c16-12-8-4-6-10-14-19-13-9-5-2-1-3-7-11-15(17)18/h16H,1-14H2,(H,17,18). The minimum absolute atomic E-state index is 0.326. The number of unbranched alkanes of at least 4 members (excludes halogenated alkanes) is 8. The van der Waals surface area contributed by atoms with Gasteiger partial charge in [-0.25, -0.2) is 0 Å². The van der Waals surface area contributed by atoms with E-state index in [2.05, 4.69) is 0 Å². The van der Waals surface area contributed by atoms with E-state index < -0.39 is 5.97 Å². The van der Waals surface area contributed by atoms with Crippen LogP contribution in [-0.2, 0) is 4.79 Å². The number of aliphatic hydroxyl groups is 1. The molecule has 0 unspecified atom stereocenters. The average Bonchev–Trinajstić information content (AvgIpc) is 2.39. The van der Waals surface area contributed by atoms with Crippen LogP contribution in [0.4, 0.5) is 0 Å². The highest BCUT2D eigenvalue weighted by Crippen LogP contribution is 2.12. The number of hydrogen-bond donors (Lipinski definition) is 2. The van der Waals surface area contributed by atoms with Gasteiger partial charge in [0, 0.05) is 13.0 Å². The summed E-state index contributed by atoms with van der Waals surface area (Å²) in [5.74, 6) is 1.84. The third kappa shape index (κ3) is 17.8. The number of rotatable bonds is 15. The van der Waals surface area contributed by atoms with Crippen molar-refractivity contribution in [2.24, 2.45) is 0 Å². The van der Waals surface area contributed by atoms with Gasteiger partial charge in [-0.15, -0.1) is 0 Å². The van der Waals surface area contributed by atoms with Crippen LogP contribution in [0.2, 0.25) is 0 Å². The highest BCUT2D eigenvalue weighted by molar-refractivity contribution is 7.99. The first-order chi connectivity index (χ1) is 9.27. The highest BCUT2D eigenvalue weighted by Gasteiger charge is 1.97. The summed E-state index contributed by atoms with van der Waals surface area (Å²) < 4.78 is 0. The van der Waals surface area contributed by atoms with Crippen LogP contribution in [0.15, 0.2) is 0 Å². The molecule has 0 aromatic heterocycles. The second kappa shape index (κ2) is 15.8. The van der Waals surface area contributed by atoms with Gasteiger partial charge in [0.1, 0.15) is 0 Å². The molecule has 0 aliphatic heterocycles. The molecule has 0 rings (SSSR count). The molecule has 3 nitrogen and oxygen atoms in total. The monoisotopic (exact) mass is 290 g/mol. The average molecular weight is 290 g/mol. The van der Waals surface area contributed by atoms with E-state index in [-0.39, 0.29) is 0 Å². The first kappa shape index (κ1) is 18.8. The largest absolute Gasteiger partial charge is 0.481 e. The van der Waals surface area contributed by atoms with Crippen LogP contribution in [0, 0.1) is 0 Å². The Morgan fingerprint density at radius 3 is 1.74 bits per heavy atom. The Hall–Kier alpha value is -0.220. The van der Waals surface area contributed by atoms with Crippen molar-refractivity contribution in [2.45, 2.75) is 70.6 Å². The molecule has 2 N–H and O–H groups in total. The molecule has 0 aliphatic rings.